The smallest absolute Gasteiger partial charge is 0.335 e. The van der Waals surface area contributed by atoms with Gasteiger partial charge in [-0.05, 0) is 22.2 Å². The molecule has 4 N–H and O–H groups in total. The molecule has 0 aromatic carbocycles. The van der Waals surface area contributed by atoms with Gasteiger partial charge < -0.3 is 28.5 Å². The number of hydrogen-bond donors (Lipinski definition) is 3. The number of fused-ring (bicyclic) bond motifs is 2. The highest BCUT2D eigenvalue weighted by Crippen LogP contribution is 2.49. The summed E-state index contributed by atoms with van der Waals surface area (Å²) in [6.07, 6.45) is -1.20. The molecule has 4 heterocycles. The molecule has 2 saturated heterocycles. The number of aromatic nitrogens is 4. The van der Waals surface area contributed by atoms with E-state index >= 15 is 0 Å². The molecule has 2 aromatic heterocycles. The largest absolute Gasteiger partial charge is 0.414 e. The molecule has 2 aromatic rings. The number of aromatic amines is 1. The number of nitrogen functional groups attached to an aromatic ring is 1. The van der Waals surface area contributed by atoms with Crippen LogP contribution in [0.5, 0.6) is 0 Å². The molecule has 0 spiro atoms. The molecule has 4 rings (SSSR count). The number of aliphatic hydroxyl groups is 1. The predicted molar refractivity (Wildman–Crippen MR) is 156 cm³/mol. The van der Waals surface area contributed by atoms with E-state index < -0.39 is 63.4 Å². The Morgan fingerprint density at radius 1 is 1.15 bits per heavy atom. The Bertz CT molecular complexity index is 1410. The van der Waals surface area contributed by atoms with Gasteiger partial charge in [-0.25, -0.2) is 4.98 Å². The average Bonchev–Trinajstić information content (AvgIpc) is 3.36. The Morgan fingerprint density at radius 2 is 1.73 bits per heavy atom. The third-order valence-corrected chi connectivity index (χ3v) is 18.9. The summed E-state index contributed by atoms with van der Waals surface area (Å²) in [5.74, 6) is -0.189. The van der Waals surface area contributed by atoms with Crippen molar-refractivity contribution in [3.63, 3.8) is 0 Å². The molecule has 0 bridgehead atoms. The number of H-pyrrole nitrogens is 1. The molecule has 14 nitrogen and oxygen atoms in total. The van der Waals surface area contributed by atoms with Crippen LogP contribution in [0.1, 0.15) is 55.4 Å². The summed E-state index contributed by atoms with van der Waals surface area (Å²) in [6, 6.07) is 0. The summed E-state index contributed by atoms with van der Waals surface area (Å²) < 4.78 is 58.4. The van der Waals surface area contributed by atoms with Crippen LogP contribution in [0.25, 0.3) is 11.2 Å². The van der Waals surface area contributed by atoms with Gasteiger partial charge in [0.2, 0.25) is 11.7 Å². The zero-order valence-corrected chi connectivity index (χ0v) is 27.9. The minimum Gasteiger partial charge on any atom is -0.414 e. The van der Waals surface area contributed by atoms with Gasteiger partial charge in [0.1, 0.15) is 24.9 Å². The zero-order valence-electron chi connectivity index (χ0n) is 25.1. The van der Waals surface area contributed by atoms with Crippen molar-refractivity contribution >= 4 is 44.4 Å². The van der Waals surface area contributed by atoms with E-state index in [-0.39, 0.29) is 45.9 Å². The van der Waals surface area contributed by atoms with Crippen LogP contribution in [0.2, 0.25) is 22.2 Å². The first-order valence-electron chi connectivity index (χ1n) is 13.9. The van der Waals surface area contributed by atoms with Gasteiger partial charge in [-0.1, -0.05) is 55.4 Å². The maximum atomic E-state index is 12.6. The average molecular weight is 634 g/mol. The lowest BCUT2D eigenvalue weighted by Crippen LogP contribution is -2.66. The van der Waals surface area contributed by atoms with Crippen LogP contribution in [0, 0.1) is 0 Å². The van der Waals surface area contributed by atoms with E-state index in [4.69, 9.17) is 27.6 Å². The number of nitrogens with one attached hydrogen (secondary N) is 1. The summed E-state index contributed by atoms with van der Waals surface area (Å²) in [5, 5.41) is 12.1. The lowest BCUT2D eigenvalue weighted by atomic mass is 10.0. The number of nitrogens with two attached hydrogens (primary N) is 1. The van der Waals surface area contributed by atoms with Gasteiger partial charge in [0.15, 0.2) is 11.2 Å². The lowest BCUT2D eigenvalue weighted by molar-refractivity contribution is -0.163. The molecular weight excluding hydrogens is 591 g/mol. The highest BCUT2D eigenvalue weighted by Gasteiger charge is 2.65. The number of rotatable bonds is 8. The quantitative estimate of drug-likeness (QED) is 0.284. The SMILES string of the molecule is CC(C)[Si]1(C(C)C)OC[C@H]2O[C@@](COS(C)(=O)=O)(n3cnc4c(=O)[nH]c(N)nc43)[C@H](O)[C@@H]2O[Si](C(C)C)(C(C)C)O1. The summed E-state index contributed by atoms with van der Waals surface area (Å²) in [6.45, 7) is 15.9. The number of hydrogen-bond acceptors (Lipinski definition) is 12. The first-order valence-corrected chi connectivity index (χ1v) is 19.6. The molecule has 0 aliphatic carbocycles. The Hall–Kier alpha value is -1.71. The van der Waals surface area contributed by atoms with Gasteiger partial charge >= 0.3 is 17.1 Å². The Balaban J connectivity index is 1.93. The van der Waals surface area contributed by atoms with E-state index in [0.717, 1.165) is 6.26 Å². The lowest BCUT2D eigenvalue weighted by Gasteiger charge is -2.51. The van der Waals surface area contributed by atoms with Crippen LogP contribution >= 0.6 is 0 Å². The van der Waals surface area contributed by atoms with Crippen LogP contribution in [0.15, 0.2) is 11.1 Å². The van der Waals surface area contributed by atoms with Gasteiger partial charge in [0, 0.05) is 0 Å². The van der Waals surface area contributed by atoms with Crippen LogP contribution in [0.3, 0.4) is 0 Å². The van der Waals surface area contributed by atoms with Crippen molar-refractivity contribution in [1.82, 2.24) is 19.5 Å². The fourth-order valence-electron chi connectivity index (χ4n) is 6.05. The summed E-state index contributed by atoms with van der Waals surface area (Å²) in [7, 11) is -10.1. The fourth-order valence-corrected chi connectivity index (χ4v) is 17.6. The van der Waals surface area contributed by atoms with Gasteiger partial charge in [-0.15, -0.1) is 0 Å². The highest BCUT2D eigenvalue weighted by atomic mass is 32.2. The van der Waals surface area contributed by atoms with E-state index in [9.17, 15) is 18.3 Å². The van der Waals surface area contributed by atoms with Gasteiger partial charge in [-0.3, -0.25) is 18.5 Å². The van der Waals surface area contributed by atoms with Crippen molar-refractivity contribution in [2.45, 2.75) is 102 Å². The Morgan fingerprint density at radius 3 is 2.27 bits per heavy atom. The standard InChI is InChI=1S/C24H43N5O9SSi2/c1-13(2)40(14(3)4)35-10-17-19(37-41(38-40,15(5)6)16(7)8)20(30)24(36-17,11-34-39(9,32)33)29-12-26-18-21(29)27-23(25)28-22(18)31/h12-17,19-20,30H,10-11H2,1-9H3,(H3,25,27,28,31)/t17-,19-,20-,24-/m1/s1. The second-order valence-corrected chi connectivity index (χ2v) is 22.7. The molecule has 232 valence electrons. The van der Waals surface area contributed by atoms with Crippen LogP contribution < -0.4 is 11.3 Å². The molecule has 2 fully saturated rings. The molecule has 0 saturated carbocycles. The minimum atomic E-state index is -3.99. The summed E-state index contributed by atoms with van der Waals surface area (Å²) in [4.78, 5) is 23.3. The molecular formula is C24H43N5O9SSi2. The van der Waals surface area contributed by atoms with Gasteiger partial charge in [-0.2, -0.15) is 13.4 Å². The van der Waals surface area contributed by atoms with Crippen molar-refractivity contribution in [1.29, 1.82) is 0 Å². The number of imidazole rings is 1. The molecule has 4 atom stereocenters. The highest BCUT2D eigenvalue weighted by molar-refractivity contribution is 7.85. The fraction of sp³-hybridized carbons (Fsp3) is 0.792. The molecule has 2 aliphatic rings. The van der Waals surface area contributed by atoms with Gasteiger partial charge in [0.25, 0.3) is 15.7 Å². The van der Waals surface area contributed by atoms with Gasteiger partial charge in [0.05, 0.1) is 19.2 Å². The maximum Gasteiger partial charge on any atom is 0.335 e. The predicted octanol–water partition coefficient (Wildman–Crippen LogP) is 2.05. The molecule has 41 heavy (non-hydrogen) atoms. The Labute approximate surface area is 242 Å². The monoisotopic (exact) mass is 633 g/mol. The van der Waals surface area contributed by atoms with E-state index in [0.29, 0.717) is 0 Å². The van der Waals surface area contributed by atoms with E-state index in [1.54, 1.807) is 0 Å². The number of ether oxygens (including phenoxy) is 1. The van der Waals surface area contributed by atoms with E-state index in [2.05, 4.69) is 42.6 Å². The normalized spacial score (nSPS) is 28.5. The number of nitrogens with zero attached hydrogens (tertiary/aromatic N) is 3. The van der Waals surface area contributed by atoms with Crippen LogP contribution in [-0.2, 0) is 37.7 Å². The zero-order chi connectivity index (χ0) is 30.7. The second-order valence-electron chi connectivity index (χ2n) is 12.2. The number of anilines is 1. The van der Waals surface area contributed by atoms with E-state index in [1.807, 2.05) is 27.7 Å². The molecule has 0 amide bonds. The maximum absolute atomic E-state index is 12.6. The van der Waals surface area contributed by atoms with Crippen molar-refractivity contribution in [3.05, 3.63) is 16.7 Å². The molecule has 0 unspecified atom stereocenters. The van der Waals surface area contributed by atoms with Crippen molar-refractivity contribution in [2.75, 3.05) is 25.2 Å². The third kappa shape index (κ3) is 5.44. The first kappa shape index (κ1) is 32.2. The summed E-state index contributed by atoms with van der Waals surface area (Å²) >= 11 is 0. The summed E-state index contributed by atoms with van der Waals surface area (Å²) in [5.41, 5.74) is 3.32. The van der Waals surface area contributed by atoms with Crippen LogP contribution in [0.4, 0.5) is 5.95 Å². The third-order valence-electron chi connectivity index (χ3n) is 8.14. The molecule has 0 radical (unpaired) electrons. The number of aliphatic hydroxyl groups excluding tert-OH is 1. The van der Waals surface area contributed by atoms with Crippen molar-refractivity contribution in [2.24, 2.45) is 0 Å². The van der Waals surface area contributed by atoms with Crippen molar-refractivity contribution < 1.29 is 35.4 Å². The second kappa shape index (κ2) is 11.1. The first-order chi connectivity index (χ1) is 18.9. The molecule has 2 aliphatic heterocycles. The molecule has 17 heteroatoms. The van der Waals surface area contributed by atoms with Crippen LogP contribution in [-0.4, -0.2) is 87.9 Å². The minimum absolute atomic E-state index is 0.0156. The van der Waals surface area contributed by atoms with E-state index in [1.165, 1.54) is 10.9 Å². The Kier molecular flexibility index (Phi) is 8.71. The van der Waals surface area contributed by atoms with Crippen molar-refractivity contribution in [3.8, 4) is 0 Å². The topological polar surface area (TPSA) is 190 Å².